The van der Waals surface area contributed by atoms with E-state index in [1.165, 1.54) is 11.8 Å². The van der Waals surface area contributed by atoms with Gasteiger partial charge in [-0.1, -0.05) is 23.7 Å². The molecule has 0 saturated carbocycles. The number of rotatable bonds is 3. The molecule has 0 spiro atoms. The zero-order chi connectivity index (χ0) is 13.8. The van der Waals surface area contributed by atoms with Crippen LogP contribution in [0.15, 0.2) is 29.2 Å². The van der Waals surface area contributed by atoms with E-state index >= 15 is 0 Å². The van der Waals surface area contributed by atoms with Crippen molar-refractivity contribution in [2.45, 2.75) is 36.0 Å². The van der Waals surface area contributed by atoms with E-state index in [2.05, 4.69) is 0 Å². The molecule has 0 radical (unpaired) electrons. The van der Waals surface area contributed by atoms with Crippen LogP contribution in [0.2, 0.25) is 5.02 Å². The van der Waals surface area contributed by atoms with Crippen LogP contribution in [0.25, 0.3) is 0 Å². The minimum Gasteiger partial charge on any atom is -0.340 e. The molecule has 1 aromatic rings. The Kier molecular flexibility index (Phi) is 7.17. The molecule has 1 aliphatic heterocycles. The molecule has 0 aromatic heterocycles. The molecule has 20 heavy (non-hydrogen) atoms. The average Bonchev–Trinajstić information content (AvgIpc) is 2.40. The molecule has 1 amide bonds. The molecule has 112 valence electrons. The Morgan fingerprint density at radius 2 is 2.20 bits per heavy atom. The highest BCUT2D eigenvalue weighted by molar-refractivity contribution is 8.00. The molecule has 1 aliphatic rings. The van der Waals surface area contributed by atoms with Gasteiger partial charge in [-0.3, -0.25) is 4.79 Å². The van der Waals surface area contributed by atoms with Gasteiger partial charge in [0.2, 0.25) is 5.91 Å². The van der Waals surface area contributed by atoms with Gasteiger partial charge in [-0.15, -0.1) is 24.2 Å². The third-order valence-electron chi connectivity index (χ3n) is 3.26. The van der Waals surface area contributed by atoms with Crippen LogP contribution in [0.1, 0.15) is 19.8 Å². The number of benzene rings is 1. The van der Waals surface area contributed by atoms with Crippen molar-refractivity contribution in [3.63, 3.8) is 0 Å². The molecule has 1 heterocycles. The van der Waals surface area contributed by atoms with Gasteiger partial charge in [-0.05, 0) is 31.9 Å². The summed E-state index contributed by atoms with van der Waals surface area (Å²) in [6.07, 6.45) is 2.01. The van der Waals surface area contributed by atoms with E-state index in [1.807, 2.05) is 36.1 Å². The Bertz CT molecular complexity index is 459. The maximum atomic E-state index is 12.4. The quantitative estimate of drug-likeness (QED) is 0.863. The molecular weight excluding hydrogens is 315 g/mol. The fourth-order valence-electron chi connectivity index (χ4n) is 2.25. The Morgan fingerprint density at radius 1 is 1.50 bits per heavy atom. The summed E-state index contributed by atoms with van der Waals surface area (Å²) in [5.74, 6) is 0.153. The fraction of sp³-hybridized carbons (Fsp3) is 0.500. The van der Waals surface area contributed by atoms with Crippen molar-refractivity contribution in [3.8, 4) is 0 Å². The Balaban J connectivity index is 0.00000200. The van der Waals surface area contributed by atoms with Crippen molar-refractivity contribution in [3.05, 3.63) is 29.3 Å². The standard InChI is InChI=1S/C14H19ClN2OS.ClH/c1-10(19-13-7-3-2-6-12(13)15)14(18)17-8-4-5-11(16)9-17;/h2-3,6-7,10-11H,4-5,8-9,16H2,1H3;1H. The predicted molar refractivity (Wildman–Crippen MR) is 87.8 cm³/mol. The predicted octanol–water partition coefficient (Wildman–Crippen LogP) is 3.19. The van der Waals surface area contributed by atoms with Gasteiger partial charge in [0, 0.05) is 24.0 Å². The molecular formula is C14H20Cl2N2OS. The third kappa shape index (κ3) is 4.55. The minimum atomic E-state index is -0.134. The van der Waals surface area contributed by atoms with Gasteiger partial charge in [0.15, 0.2) is 0 Å². The van der Waals surface area contributed by atoms with Crippen LogP contribution in [0.4, 0.5) is 0 Å². The van der Waals surface area contributed by atoms with Crippen molar-refractivity contribution < 1.29 is 4.79 Å². The average molecular weight is 335 g/mol. The summed E-state index contributed by atoms with van der Waals surface area (Å²) in [4.78, 5) is 15.2. The number of piperidine rings is 1. The molecule has 6 heteroatoms. The zero-order valence-electron chi connectivity index (χ0n) is 11.4. The van der Waals surface area contributed by atoms with E-state index in [1.54, 1.807) is 0 Å². The largest absolute Gasteiger partial charge is 0.340 e. The van der Waals surface area contributed by atoms with Crippen molar-refractivity contribution in [2.24, 2.45) is 5.73 Å². The minimum absolute atomic E-state index is 0. The van der Waals surface area contributed by atoms with Crippen LogP contribution in [-0.4, -0.2) is 35.2 Å². The first-order chi connectivity index (χ1) is 9.08. The summed E-state index contributed by atoms with van der Waals surface area (Å²) in [5, 5.41) is 0.563. The molecule has 1 saturated heterocycles. The van der Waals surface area contributed by atoms with E-state index in [4.69, 9.17) is 17.3 Å². The lowest BCUT2D eigenvalue weighted by Crippen LogP contribution is -2.48. The van der Waals surface area contributed by atoms with E-state index in [-0.39, 0.29) is 29.6 Å². The van der Waals surface area contributed by atoms with Crippen LogP contribution in [0.5, 0.6) is 0 Å². The molecule has 2 rings (SSSR count). The molecule has 1 fully saturated rings. The summed E-state index contributed by atoms with van der Waals surface area (Å²) < 4.78 is 0. The van der Waals surface area contributed by atoms with Crippen molar-refractivity contribution >= 4 is 41.7 Å². The maximum Gasteiger partial charge on any atom is 0.235 e. The number of nitrogens with two attached hydrogens (primary N) is 1. The van der Waals surface area contributed by atoms with E-state index in [0.717, 1.165) is 24.3 Å². The first kappa shape index (κ1) is 17.6. The van der Waals surface area contributed by atoms with Gasteiger partial charge < -0.3 is 10.6 Å². The number of hydrogen-bond donors (Lipinski definition) is 1. The molecule has 2 atom stereocenters. The molecule has 2 N–H and O–H groups in total. The molecule has 2 unspecified atom stereocenters. The summed E-state index contributed by atoms with van der Waals surface area (Å²) in [7, 11) is 0. The highest BCUT2D eigenvalue weighted by Gasteiger charge is 2.26. The first-order valence-electron chi connectivity index (χ1n) is 6.53. The van der Waals surface area contributed by atoms with Gasteiger partial charge in [0.1, 0.15) is 0 Å². The number of amides is 1. The Morgan fingerprint density at radius 3 is 2.85 bits per heavy atom. The zero-order valence-corrected chi connectivity index (χ0v) is 13.8. The highest BCUT2D eigenvalue weighted by atomic mass is 35.5. The Labute approximate surface area is 135 Å². The monoisotopic (exact) mass is 334 g/mol. The normalized spacial score (nSPS) is 20.1. The van der Waals surface area contributed by atoms with E-state index in [0.29, 0.717) is 11.6 Å². The second-order valence-electron chi connectivity index (χ2n) is 4.88. The summed E-state index contributed by atoms with van der Waals surface area (Å²) in [6, 6.07) is 7.73. The van der Waals surface area contributed by atoms with Crippen LogP contribution in [0, 0.1) is 0 Å². The molecule has 0 aliphatic carbocycles. The second kappa shape index (κ2) is 8.13. The lowest BCUT2D eigenvalue weighted by molar-refractivity contribution is -0.131. The number of carbonyl (C=O) groups excluding carboxylic acids is 1. The molecule has 1 aromatic carbocycles. The number of halogens is 2. The summed E-state index contributed by atoms with van der Waals surface area (Å²) in [5.41, 5.74) is 5.92. The smallest absolute Gasteiger partial charge is 0.235 e. The highest BCUT2D eigenvalue weighted by Crippen LogP contribution is 2.31. The van der Waals surface area contributed by atoms with E-state index < -0.39 is 0 Å². The number of carbonyl (C=O) groups is 1. The van der Waals surface area contributed by atoms with Gasteiger partial charge in [0.05, 0.1) is 10.3 Å². The number of nitrogens with zero attached hydrogens (tertiary/aromatic N) is 1. The lowest BCUT2D eigenvalue weighted by Gasteiger charge is -2.32. The van der Waals surface area contributed by atoms with Crippen molar-refractivity contribution in [1.29, 1.82) is 0 Å². The van der Waals surface area contributed by atoms with E-state index in [9.17, 15) is 4.79 Å². The number of hydrogen-bond acceptors (Lipinski definition) is 3. The number of thioether (sulfide) groups is 1. The van der Waals surface area contributed by atoms with Crippen LogP contribution in [-0.2, 0) is 4.79 Å². The molecule has 0 bridgehead atoms. The summed E-state index contributed by atoms with van der Waals surface area (Å²) >= 11 is 7.63. The third-order valence-corrected chi connectivity index (χ3v) is 4.86. The second-order valence-corrected chi connectivity index (χ2v) is 6.67. The fourth-order valence-corrected chi connectivity index (χ4v) is 3.49. The van der Waals surface area contributed by atoms with Gasteiger partial charge in [-0.25, -0.2) is 0 Å². The van der Waals surface area contributed by atoms with Gasteiger partial charge in [-0.2, -0.15) is 0 Å². The topological polar surface area (TPSA) is 46.3 Å². The first-order valence-corrected chi connectivity index (χ1v) is 7.79. The Hall–Kier alpha value is -0.420. The van der Waals surface area contributed by atoms with Crippen molar-refractivity contribution in [2.75, 3.05) is 13.1 Å². The SMILES string of the molecule is CC(Sc1ccccc1Cl)C(=O)N1CCCC(N)C1.Cl. The van der Waals surface area contributed by atoms with Crippen LogP contribution >= 0.6 is 35.8 Å². The van der Waals surface area contributed by atoms with Crippen LogP contribution in [0.3, 0.4) is 0 Å². The number of likely N-dealkylation sites (tertiary alicyclic amines) is 1. The summed E-state index contributed by atoms with van der Waals surface area (Å²) in [6.45, 7) is 3.42. The van der Waals surface area contributed by atoms with Crippen LogP contribution < -0.4 is 5.73 Å². The van der Waals surface area contributed by atoms with Gasteiger partial charge in [0.25, 0.3) is 0 Å². The van der Waals surface area contributed by atoms with Gasteiger partial charge >= 0.3 is 0 Å². The lowest BCUT2D eigenvalue weighted by atomic mass is 10.1. The molecule has 3 nitrogen and oxygen atoms in total. The maximum absolute atomic E-state index is 12.4. The van der Waals surface area contributed by atoms with Crippen molar-refractivity contribution in [1.82, 2.24) is 4.90 Å².